The fourth-order valence-electron chi connectivity index (χ4n) is 3.26. The van der Waals surface area contributed by atoms with Gasteiger partial charge < -0.3 is 4.42 Å². The SMILES string of the molecule is O=C(Nc1nc(-c2c(F)cccc2F)cs1)c1oc2ccccc2c1CSc1ncccn1. The van der Waals surface area contributed by atoms with Crippen LogP contribution in [0.3, 0.4) is 0 Å². The van der Waals surface area contributed by atoms with E-state index in [2.05, 4.69) is 20.3 Å². The van der Waals surface area contributed by atoms with E-state index in [4.69, 9.17) is 4.42 Å². The summed E-state index contributed by atoms with van der Waals surface area (Å²) >= 11 is 2.44. The Bertz CT molecular complexity index is 1430. The number of amides is 1. The molecule has 3 heterocycles. The first-order valence-corrected chi connectivity index (χ1v) is 11.6. The van der Waals surface area contributed by atoms with E-state index in [0.717, 1.165) is 28.9 Å². The van der Waals surface area contributed by atoms with Gasteiger partial charge in [0.15, 0.2) is 16.0 Å². The van der Waals surface area contributed by atoms with Crippen LogP contribution in [0, 0.1) is 11.6 Å². The van der Waals surface area contributed by atoms with Gasteiger partial charge in [-0.25, -0.2) is 23.7 Å². The summed E-state index contributed by atoms with van der Waals surface area (Å²) in [7, 11) is 0. The fourth-order valence-corrected chi connectivity index (χ4v) is 4.79. The van der Waals surface area contributed by atoms with Crippen LogP contribution in [0.5, 0.6) is 0 Å². The maximum atomic E-state index is 14.1. The van der Waals surface area contributed by atoms with E-state index >= 15 is 0 Å². The average molecular weight is 481 g/mol. The van der Waals surface area contributed by atoms with E-state index in [9.17, 15) is 13.6 Å². The van der Waals surface area contributed by atoms with Crippen LogP contribution in [-0.2, 0) is 5.75 Å². The van der Waals surface area contributed by atoms with Crippen molar-refractivity contribution < 1.29 is 18.0 Å². The first-order chi connectivity index (χ1) is 16.1. The topological polar surface area (TPSA) is 80.9 Å². The highest BCUT2D eigenvalue weighted by Gasteiger charge is 2.22. The van der Waals surface area contributed by atoms with Gasteiger partial charge in [-0.2, -0.15) is 0 Å². The number of carbonyl (C=O) groups is 1. The molecule has 164 valence electrons. The van der Waals surface area contributed by atoms with Gasteiger partial charge in [-0.05, 0) is 24.3 Å². The summed E-state index contributed by atoms with van der Waals surface area (Å²) in [4.78, 5) is 25.6. The van der Waals surface area contributed by atoms with Crippen LogP contribution in [0.2, 0.25) is 0 Å². The molecule has 2 aromatic carbocycles. The Morgan fingerprint density at radius 2 is 1.79 bits per heavy atom. The third-order valence-electron chi connectivity index (χ3n) is 4.74. The van der Waals surface area contributed by atoms with E-state index in [0.29, 0.717) is 22.1 Å². The smallest absolute Gasteiger partial charge is 0.293 e. The van der Waals surface area contributed by atoms with Crippen LogP contribution in [0.4, 0.5) is 13.9 Å². The van der Waals surface area contributed by atoms with Crippen LogP contribution < -0.4 is 5.32 Å². The Balaban J connectivity index is 1.43. The Kier molecular flexibility index (Phi) is 5.84. The molecule has 5 aromatic rings. The van der Waals surface area contributed by atoms with Crippen molar-refractivity contribution in [1.82, 2.24) is 15.0 Å². The predicted octanol–water partition coefficient (Wildman–Crippen LogP) is 6.17. The molecule has 0 aliphatic heterocycles. The monoisotopic (exact) mass is 480 g/mol. The van der Waals surface area contributed by atoms with Gasteiger partial charge in [0.05, 0.1) is 11.3 Å². The molecular formula is C23H14F2N4O2S2. The van der Waals surface area contributed by atoms with Crippen molar-refractivity contribution in [3.63, 3.8) is 0 Å². The first-order valence-electron chi connectivity index (χ1n) is 9.71. The Morgan fingerprint density at radius 3 is 2.58 bits per heavy atom. The standard InChI is InChI=1S/C23H14F2N4O2S2/c24-15-6-3-7-16(25)19(15)17-12-33-23(28-17)29-21(30)20-14(11-32-22-26-9-4-10-27-22)13-5-1-2-8-18(13)31-20/h1-10,12H,11H2,(H,28,29,30). The lowest BCUT2D eigenvalue weighted by Gasteiger charge is -2.03. The number of fused-ring (bicyclic) bond motifs is 1. The van der Waals surface area contributed by atoms with E-state index in [1.54, 1.807) is 24.5 Å². The van der Waals surface area contributed by atoms with Gasteiger partial charge in [0.25, 0.3) is 5.91 Å². The second-order valence-corrected chi connectivity index (χ2v) is 8.62. The molecule has 0 saturated carbocycles. The third-order valence-corrected chi connectivity index (χ3v) is 6.40. The normalized spacial score (nSPS) is 11.1. The number of halogens is 2. The van der Waals surface area contributed by atoms with Crippen LogP contribution in [0.15, 0.2) is 75.9 Å². The zero-order chi connectivity index (χ0) is 22.8. The minimum atomic E-state index is -0.724. The van der Waals surface area contributed by atoms with Gasteiger partial charge in [0.1, 0.15) is 17.2 Å². The van der Waals surface area contributed by atoms with Crippen molar-refractivity contribution in [2.75, 3.05) is 5.32 Å². The van der Waals surface area contributed by atoms with Crippen molar-refractivity contribution >= 4 is 45.1 Å². The van der Waals surface area contributed by atoms with Crippen molar-refractivity contribution in [3.05, 3.63) is 89.3 Å². The lowest BCUT2D eigenvalue weighted by atomic mass is 10.1. The number of hydrogen-bond donors (Lipinski definition) is 1. The number of hydrogen-bond acceptors (Lipinski definition) is 7. The van der Waals surface area contributed by atoms with Crippen molar-refractivity contribution in [2.24, 2.45) is 0 Å². The molecule has 1 amide bonds. The number of nitrogens with zero attached hydrogens (tertiary/aromatic N) is 3. The summed E-state index contributed by atoms with van der Waals surface area (Å²) in [5, 5.41) is 5.74. The average Bonchev–Trinajstić information content (AvgIpc) is 3.43. The van der Waals surface area contributed by atoms with Gasteiger partial charge in [-0.3, -0.25) is 10.1 Å². The highest BCUT2D eigenvalue weighted by atomic mass is 32.2. The van der Waals surface area contributed by atoms with E-state index < -0.39 is 17.5 Å². The zero-order valence-corrected chi connectivity index (χ0v) is 18.4. The summed E-state index contributed by atoms with van der Waals surface area (Å²) < 4.78 is 34.0. The maximum Gasteiger partial charge on any atom is 0.293 e. The highest BCUT2D eigenvalue weighted by molar-refractivity contribution is 7.98. The van der Waals surface area contributed by atoms with Crippen molar-refractivity contribution in [2.45, 2.75) is 10.9 Å². The number of furan rings is 1. The van der Waals surface area contributed by atoms with Crippen LogP contribution in [0.25, 0.3) is 22.2 Å². The molecule has 0 atom stereocenters. The fraction of sp³-hybridized carbons (Fsp3) is 0.0435. The number of thiazole rings is 1. The van der Waals surface area contributed by atoms with E-state index in [-0.39, 0.29) is 22.1 Å². The molecule has 10 heteroatoms. The van der Waals surface area contributed by atoms with Gasteiger partial charge in [0, 0.05) is 34.5 Å². The second-order valence-electron chi connectivity index (χ2n) is 6.81. The summed E-state index contributed by atoms with van der Waals surface area (Å²) in [5.74, 6) is -1.41. The molecule has 1 N–H and O–H groups in total. The first kappa shape index (κ1) is 21.2. The molecule has 0 unspecified atom stereocenters. The van der Waals surface area contributed by atoms with Gasteiger partial charge in [-0.1, -0.05) is 36.0 Å². The minimum Gasteiger partial charge on any atom is -0.451 e. The Hall–Kier alpha value is -3.63. The molecule has 33 heavy (non-hydrogen) atoms. The van der Waals surface area contributed by atoms with Crippen LogP contribution in [-0.4, -0.2) is 20.9 Å². The number of para-hydroxylation sites is 1. The molecule has 0 spiro atoms. The summed E-state index contributed by atoms with van der Waals surface area (Å²) in [5.41, 5.74) is 1.13. The molecular weight excluding hydrogens is 466 g/mol. The summed E-state index contributed by atoms with van der Waals surface area (Å²) in [6.45, 7) is 0. The number of carbonyl (C=O) groups excluding carboxylic acids is 1. The Morgan fingerprint density at radius 1 is 1.03 bits per heavy atom. The summed E-state index contributed by atoms with van der Waals surface area (Å²) in [6.07, 6.45) is 3.30. The van der Waals surface area contributed by atoms with Crippen LogP contribution in [0.1, 0.15) is 16.1 Å². The van der Waals surface area contributed by atoms with E-state index in [1.165, 1.54) is 23.2 Å². The number of nitrogens with one attached hydrogen (secondary N) is 1. The molecule has 5 rings (SSSR count). The number of benzene rings is 2. The quantitative estimate of drug-likeness (QED) is 0.231. The molecule has 0 fully saturated rings. The Labute approximate surface area is 194 Å². The molecule has 3 aromatic heterocycles. The predicted molar refractivity (Wildman–Crippen MR) is 123 cm³/mol. The molecule has 6 nitrogen and oxygen atoms in total. The molecule has 0 aliphatic carbocycles. The minimum absolute atomic E-state index is 0.104. The van der Waals surface area contributed by atoms with Gasteiger partial charge in [-0.15, -0.1) is 11.3 Å². The molecule has 0 aliphatic rings. The van der Waals surface area contributed by atoms with Crippen molar-refractivity contribution in [3.8, 4) is 11.3 Å². The van der Waals surface area contributed by atoms with Crippen molar-refractivity contribution in [1.29, 1.82) is 0 Å². The largest absolute Gasteiger partial charge is 0.451 e. The van der Waals surface area contributed by atoms with Gasteiger partial charge in [0.2, 0.25) is 0 Å². The second kappa shape index (κ2) is 9.08. The van der Waals surface area contributed by atoms with E-state index in [1.807, 2.05) is 18.2 Å². The lowest BCUT2D eigenvalue weighted by molar-refractivity contribution is 0.0998. The number of thioether (sulfide) groups is 1. The third kappa shape index (κ3) is 4.35. The maximum absolute atomic E-state index is 14.1. The van der Waals surface area contributed by atoms with Gasteiger partial charge >= 0.3 is 0 Å². The molecule has 0 radical (unpaired) electrons. The highest BCUT2D eigenvalue weighted by Crippen LogP contribution is 2.33. The van der Waals surface area contributed by atoms with Crippen LogP contribution >= 0.6 is 23.1 Å². The molecule has 0 saturated heterocycles. The number of anilines is 1. The summed E-state index contributed by atoms with van der Waals surface area (Å²) in [6, 6.07) is 12.7. The molecule has 0 bridgehead atoms. The zero-order valence-electron chi connectivity index (χ0n) is 16.8. The lowest BCUT2D eigenvalue weighted by Crippen LogP contribution is -2.12. The number of rotatable bonds is 6. The number of aromatic nitrogens is 3.